The van der Waals surface area contributed by atoms with Crippen molar-refractivity contribution in [3.63, 3.8) is 0 Å². The predicted octanol–water partition coefficient (Wildman–Crippen LogP) is 1.55. The number of H-pyrrole nitrogens is 1. The zero-order valence-corrected chi connectivity index (χ0v) is 12.5. The van der Waals surface area contributed by atoms with E-state index in [1.165, 1.54) is 28.9 Å². The molecule has 0 atom stereocenters. The van der Waals surface area contributed by atoms with Crippen molar-refractivity contribution in [3.05, 3.63) is 80.8 Å². The molecule has 0 fully saturated rings. The van der Waals surface area contributed by atoms with Crippen molar-refractivity contribution >= 4 is 12.7 Å². The Balaban J connectivity index is 2.10. The smallest absolute Gasteiger partial charge is 0.279 e. The lowest BCUT2D eigenvalue weighted by Gasteiger charge is -2.00. The van der Waals surface area contributed by atoms with Gasteiger partial charge in [-0.3, -0.25) is 9.89 Å². The third-order valence-electron chi connectivity index (χ3n) is 3.52. The maximum absolute atomic E-state index is 13.0. The largest absolute Gasteiger partial charge is 0.497 e. The molecule has 0 saturated carbocycles. The Labute approximate surface area is 131 Å². The summed E-state index contributed by atoms with van der Waals surface area (Å²) in [5.74, 6) is 0.392. The summed E-state index contributed by atoms with van der Waals surface area (Å²) < 4.78 is 19.5. The highest BCUT2D eigenvalue weighted by Crippen LogP contribution is 2.11. The number of halogens is 1. The van der Waals surface area contributed by atoms with E-state index in [9.17, 15) is 9.18 Å². The Hall–Kier alpha value is -3.08. The minimum atomic E-state index is -0.353. The molecule has 1 aromatic heterocycles. The highest BCUT2D eigenvalue weighted by Gasteiger charge is 2.05. The number of aromatic amines is 1. The number of ether oxygens (including phenoxy) is 1. The van der Waals surface area contributed by atoms with Crippen molar-refractivity contribution in [2.24, 2.45) is 0 Å². The van der Waals surface area contributed by atoms with Crippen LogP contribution in [0.2, 0.25) is 0 Å². The second-order valence-corrected chi connectivity index (χ2v) is 5.04. The monoisotopic (exact) mass is 310 g/mol. The Morgan fingerprint density at radius 1 is 1.13 bits per heavy atom. The van der Waals surface area contributed by atoms with Gasteiger partial charge in [0.2, 0.25) is 0 Å². The minimum absolute atomic E-state index is 0.238. The number of aromatic nitrogens is 2. The van der Waals surface area contributed by atoms with E-state index in [0.29, 0.717) is 16.3 Å². The van der Waals surface area contributed by atoms with Gasteiger partial charge in [0.15, 0.2) is 0 Å². The van der Waals surface area contributed by atoms with Crippen molar-refractivity contribution in [1.29, 1.82) is 0 Å². The molecule has 0 aliphatic rings. The number of benzene rings is 2. The van der Waals surface area contributed by atoms with Crippen molar-refractivity contribution in [2.75, 3.05) is 7.11 Å². The maximum Gasteiger partial charge on any atom is 0.279 e. The fraction of sp³-hybridized carbons (Fsp3) is 0.0556. The average molecular weight is 310 g/mol. The lowest BCUT2D eigenvalue weighted by atomic mass is 10.2. The van der Waals surface area contributed by atoms with Crippen molar-refractivity contribution in [3.8, 4) is 11.4 Å². The summed E-state index contributed by atoms with van der Waals surface area (Å²) in [6, 6.07) is 13.0. The van der Waals surface area contributed by atoms with Gasteiger partial charge in [-0.1, -0.05) is 18.7 Å². The molecule has 2 aromatic carbocycles. The molecule has 4 nitrogen and oxygen atoms in total. The van der Waals surface area contributed by atoms with E-state index in [0.717, 1.165) is 11.3 Å². The van der Waals surface area contributed by atoms with E-state index in [2.05, 4.69) is 11.7 Å². The number of methoxy groups -OCH3 is 1. The number of nitrogens with zero attached hydrogens (tertiary/aromatic N) is 1. The molecule has 0 amide bonds. The van der Waals surface area contributed by atoms with E-state index < -0.39 is 0 Å². The Kier molecular flexibility index (Phi) is 3.85. The van der Waals surface area contributed by atoms with Crippen LogP contribution in [0.3, 0.4) is 0 Å². The first-order chi connectivity index (χ1) is 11.1. The van der Waals surface area contributed by atoms with Crippen LogP contribution in [0.5, 0.6) is 5.75 Å². The Morgan fingerprint density at radius 2 is 1.78 bits per heavy atom. The first kappa shape index (κ1) is 14.8. The summed E-state index contributed by atoms with van der Waals surface area (Å²) in [6.45, 7) is 3.87. The minimum Gasteiger partial charge on any atom is -0.497 e. The standard InChI is InChI=1S/C18H15FN2O2/c1-12-17(11-13-3-9-16(23-2)10-4-13)18(22)21(20-12)15-7-5-14(19)6-8-15/h3-11,20H,1H2,2H3/b17-11-. The first-order valence-corrected chi connectivity index (χ1v) is 7.00. The molecule has 1 heterocycles. The van der Waals surface area contributed by atoms with Crippen molar-refractivity contribution in [1.82, 2.24) is 9.78 Å². The number of nitrogens with one attached hydrogen (secondary N) is 1. The van der Waals surface area contributed by atoms with E-state index in [4.69, 9.17) is 4.74 Å². The number of hydrogen-bond donors (Lipinski definition) is 1. The number of rotatable bonds is 3. The fourth-order valence-electron chi connectivity index (χ4n) is 2.28. The second-order valence-electron chi connectivity index (χ2n) is 5.04. The van der Waals surface area contributed by atoms with Gasteiger partial charge >= 0.3 is 0 Å². The van der Waals surface area contributed by atoms with Crippen LogP contribution in [0, 0.1) is 5.82 Å². The lowest BCUT2D eigenvalue weighted by Crippen LogP contribution is -2.33. The predicted molar refractivity (Wildman–Crippen MR) is 87.7 cm³/mol. The second kappa shape index (κ2) is 5.96. The van der Waals surface area contributed by atoms with Crippen LogP contribution < -0.4 is 20.9 Å². The molecular formula is C18H15FN2O2. The molecule has 0 bridgehead atoms. The molecule has 3 aromatic rings. The van der Waals surface area contributed by atoms with E-state index >= 15 is 0 Å². The third-order valence-corrected chi connectivity index (χ3v) is 3.52. The molecule has 1 N–H and O–H groups in total. The zero-order valence-electron chi connectivity index (χ0n) is 12.5. The van der Waals surface area contributed by atoms with Gasteiger partial charge < -0.3 is 4.74 Å². The van der Waals surface area contributed by atoms with Crippen LogP contribution in [0.15, 0.2) is 53.3 Å². The zero-order chi connectivity index (χ0) is 16.4. The molecule has 23 heavy (non-hydrogen) atoms. The highest BCUT2D eigenvalue weighted by molar-refractivity contribution is 5.51. The van der Waals surface area contributed by atoms with Crippen LogP contribution in [-0.2, 0) is 0 Å². The van der Waals surface area contributed by atoms with Gasteiger partial charge in [-0.05, 0) is 48.0 Å². The van der Waals surface area contributed by atoms with Crippen LogP contribution in [-0.4, -0.2) is 16.9 Å². The number of hydrogen-bond acceptors (Lipinski definition) is 2. The summed E-state index contributed by atoms with van der Waals surface area (Å²) in [5, 5.41) is 3.86. The molecule has 3 rings (SSSR count). The van der Waals surface area contributed by atoms with Crippen LogP contribution in [0.25, 0.3) is 18.3 Å². The Morgan fingerprint density at radius 3 is 2.39 bits per heavy atom. The lowest BCUT2D eigenvalue weighted by molar-refractivity contribution is 0.415. The first-order valence-electron chi connectivity index (χ1n) is 7.00. The van der Waals surface area contributed by atoms with Gasteiger partial charge in [0.1, 0.15) is 11.6 Å². The van der Waals surface area contributed by atoms with Gasteiger partial charge in [-0.25, -0.2) is 9.07 Å². The van der Waals surface area contributed by atoms with Crippen LogP contribution >= 0.6 is 0 Å². The van der Waals surface area contributed by atoms with Crippen LogP contribution in [0.1, 0.15) is 5.56 Å². The fourth-order valence-corrected chi connectivity index (χ4v) is 2.28. The molecule has 0 saturated heterocycles. The third kappa shape index (κ3) is 2.94. The summed E-state index contributed by atoms with van der Waals surface area (Å²) >= 11 is 0. The SMILES string of the molecule is C=c1[nH]n(-c2ccc(F)cc2)c(=O)/c1=C\c1ccc(OC)cc1. The van der Waals surface area contributed by atoms with Gasteiger partial charge in [0.25, 0.3) is 5.56 Å². The molecule has 5 heteroatoms. The quantitative estimate of drug-likeness (QED) is 0.798. The van der Waals surface area contributed by atoms with Gasteiger partial charge in [0.05, 0.1) is 23.4 Å². The van der Waals surface area contributed by atoms with E-state index in [1.54, 1.807) is 13.2 Å². The van der Waals surface area contributed by atoms with Crippen molar-refractivity contribution < 1.29 is 9.13 Å². The summed E-state index contributed by atoms with van der Waals surface area (Å²) in [5.41, 5.74) is 1.17. The average Bonchev–Trinajstić information content (AvgIpc) is 2.84. The van der Waals surface area contributed by atoms with Gasteiger partial charge in [0, 0.05) is 0 Å². The molecule has 0 aliphatic heterocycles. The van der Waals surface area contributed by atoms with Crippen LogP contribution in [0.4, 0.5) is 4.39 Å². The maximum atomic E-state index is 13.0. The molecule has 0 unspecified atom stereocenters. The van der Waals surface area contributed by atoms with Gasteiger partial charge in [-0.15, -0.1) is 0 Å². The Bertz CT molecular complexity index is 983. The normalized spacial score (nSPS) is 11.7. The topological polar surface area (TPSA) is 47.0 Å². The summed E-state index contributed by atoms with van der Waals surface area (Å²) in [6.07, 6.45) is 1.75. The highest BCUT2D eigenvalue weighted by atomic mass is 19.1. The van der Waals surface area contributed by atoms with Gasteiger partial charge in [-0.2, -0.15) is 0 Å². The summed E-state index contributed by atoms with van der Waals surface area (Å²) in [7, 11) is 1.60. The molecule has 0 radical (unpaired) electrons. The summed E-state index contributed by atoms with van der Waals surface area (Å²) in [4.78, 5) is 12.5. The molecular weight excluding hydrogens is 295 g/mol. The van der Waals surface area contributed by atoms with E-state index in [1.807, 2.05) is 24.3 Å². The molecule has 116 valence electrons. The molecule has 0 spiro atoms. The van der Waals surface area contributed by atoms with E-state index in [-0.39, 0.29) is 11.4 Å². The van der Waals surface area contributed by atoms with Crippen molar-refractivity contribution in [2.45, 2.75) is 0 Å². The molecule has 0 aliphatic carbocycles.